The van der Waals surface area contributed by atoms with Crippen LogP contribution in [0.3, 0.4) is 0 Å². The number of non-ortho nitro benzene ring substituents is 1. The molecular formula is C19H20N2O6. The monoisotopic (exact) mass is 372 g/mol. The summed E-state index contributed by atoms with van der Waals surface area (Å²) in [6.45, 7) is 3.25. The van der Waals surface area contributed by atoms with Gasteiger partial charge < -0.3 is 15.2 Å². The highest BCUT2D eigenvalue weighted by molar-refractivity contribution is 5.98. The molecule has 0 aromatic heterocycles. The molecule has 0 atom stereocenters. The van der Waals surface area contributed by atoms with Crippen LogP contribution in [0.4, 0.5) is 5.69 Å². The third-order valence-corrected chi connectivity index (χ3v) is 3.80. The topological polar surface area (TPSA) is 119 Å². The normalized spacial score (nSPS) is 10.4. The Bertz CT molecular complexity index is 818. The Labute approximate surface area is 155 Å². The molecule has 0 bridgehead atoms. The van der Waals surface area contributed by atoms with Gasteiger partial charge in [-0.25, -0.2) is 4.79 Å². The summed E-state index contributed by atoms with van der Waals surface area (Å²) >= 11 is 0. The van der Waals surface area contributed by atoms with Crippen molar-refractivity contribution in [2.75, 3.05) is 6.61 Å². The quantitative estimate of drug-likeness (QED) is 0.396. The minimum atomic E-state index is -1.34. The zero-order valence-corrected chi connectivity index (χ0v) is 14.8. The number of carboxylic acid groups (broad SMARTS) is 1. The molecule has 0 saturated carbocycles. The first kappa shape index (κ1) is 20.1. The molecule has 8 nitrogen and oxygen atoms in total. The van der Waals surface area contributed by atoms with Crippen LogP contribution in [0.5, 0.6) is 0 Å². The predicted octanol–water partition coefficient (Wildman–Crippen LogP) is 3.15. The molecule has 2 rings (SSSR count). The van der Waals surface area contributed by atoms with Gasteiger partial charge in [0.15, 0.2) is 0 Å². The van der Waals surface area contributed by atoms with Gasteiger partial charge in [-0.3, -0.25) is 14.9 Å². The van der Waals surface area contributed by atoms with E-state index in [4.69, 9.17) is 9.84 Å². The van der Waals surface area contributed by atoms with Crippen molar-refractivity contribution in [1.29, 1.82) is 0 Å². The molecule has 2 aromatic carbocycles. The number of ether oxygens (including phenoxy) is 1. The molecule has 2 N–H and O–H groups in total. The molecule has 0 unspecified atom stereocenters. The van der Waals surface area contributed by atoms with Crippen LogP contribution in [0.1, 0.15) is 45.2 Å². The lowest BCUT2D eigenvalue weighted by molar-refractivity contribution is -0.384. The van der Waals surface area contributed by atoms with Gasteiger partial charge in [-0.2, -0.15) is 0 Å². The molecule has 0 saturated heterocycles. The minimum Gasteiger partial charge on any atom is -0.478 e. The van der Waals surface area contributed by atoms with Gasteiger partial charge in [0, 0.05) is 30.8 Å². The predicted molar refractivity (Wildman–Crippen MR) is 97.6 cm³/mol. The number of nitro groups is 1. The highest BCUT2D eigenvalue weighted by Crippen LogP contribution is 2.18. The van der Waals surface area contributed by atoms with Crippen molar-refractivity contribution in [3.8, 4) is 0 Å². The molecule has 1 amide bonds. The SMILES string of the molecule is CCCOCc1ccccc1CNC(=O)c1cc(C(=O)O)cc([N+](=O)[O-])c1. The summed E-state index contributed by atoms with van der Waals surface area (Å²) in [5.74, 6) is -1.93. The van der Waals surface area contributed by atoms with Crippen molar-refractivity contribution in [3.63, 3.8) is 0 Å². The van der Waals surface area contributed by atoms with Gasteiger partial charge in [0.05, 0.1) is 17.1 Å². The number of aromatic carboxylic acids is 1. The van der Waals surface area contributed by atoms with Crippen LogP contribution < -0.4 is 5.32 Å². The third-order valence-electron chi connectivity index (χ3n) is 3.80. The maximum atomic E-state index is 12.4. The van der Waals surface area contributed by atoms with E-state index >= 15 is 0 Å². The van der Waals surface area contributed by atoms with Crippen molar-refractivity contribution >= 4 is 17.6 Å². The molecule has 0 spiro atoms. The molecule has 0 aliphatic heterocycles. The van der Waals surface area contributed by atoms with Crippen molar-refractivity contribution in [1.82, 2.24) is 5.32 Å². The van der Waals surface area contributed by atoms with E-state index in [2.05, 4.69) is 5.32 Å². The average molecular weight is 372 g/mol. The number of hydrogen-bond donors (Lipinski definition) is 2. The summed E-state index contributed by atoms with van der Waals surface area (Å²) in [7, 11) is 0. The van der Waals surface area contributed by atoms with E-state index in [1.165, 1.54) is 0 Å². The molecule has 8 heteroatoms. The van der Waals surface area contributed by atoms with Gasteiger partial charge in [0.2, 0.25) is 0 Å². The van der Waals surface area contributed by atoms with Crippen LogP contribution in [0.25, 0.3) is 0 Å². The second-order valence-corrected chi connectivity index (χ2v) is 5.83. The summed E-state index contributed by atoms with van der Waals surface area (Å²) in [6.07, 6.45) is 0.900. The molecule has 0 aliphatic rings. The zero-order chi connectivity index (χ0) is 19.8. The Morgan fingerprint density at radius 1 is 1.15 bits per heavy atom. The lowest BCUT2D eigenvalue weighted by atomic mass is 10.1. The van der Waals surface area contributed by atoms with Gasteiger partial charge in [-0.1, -0.05) is 31.2 Å². The molecule has 0 radical (unpaired) electrons. The number of nitro benzene ring substituents is 1. The summed E-state index contributed by atoms with van der Waals surface area (Å²) < 4.78 is 5.53. The first-order chi connectivity index (χ1) is 12.9. The van der Waals surface area contributed by atoms with Crippen LogP contribution in [-0.4, -0.2) is 28.5 Å². The first-order valence-corrected chi connectivity index (χ1v) is 8.38. The van der Waals surface area contributed by atoms with Gasteiger partial charge >= 0.3 is 5.97 Å². The summed E-state index contributed by atoms with van der Waals surface area (Å²) in [5, 5.41) is 22.7. The number of nitrogens with one attached hydrogen (secondary N) is 1. The molecule has 142 valence electrons. The Morgan fingerprint density at radius 3 is 2.44 bits per heavy atom. The van der Waals surface area contributed by atoms with E-state index in [-0.39, 0.29) is 17.7 Å². The summed E-state index contributed by atoms with van der Waals surface area (Å²) in [6, 6.07) is 10.5. The van der Waals surface area contributed by atoms with E-state index in [0.717, 1.165) is 35.7 Å². The van der Waals surface area contributed by atoms with E-state index in [9.17, 15) is 19.7 Å². The number of carbonyl (C=O) groups excluding carboxylic acids is 1. The van der Waals surface area contributed by atoms with Gasteiger partial charge in [0.25, 0.3) is 11.6 Å². The summed E-state index contributed by atoms with van der Waals surface area (Å²) in [5.41, 5.74) is 0.930. The molecule has 0 aliphatic carbocycles. The maximum Gasteiger partial charge on any atom is 0.335 e. The smallest absolute Gasteiger partial charge is 0.335 e. The number of carbonyl (C=O) groups is 2. The van der Waals surface area contributed by atoms with Crippen molar-refractivity contribution in [2.24, 2.45) is 0 Å². The maximum absolute atomic E-state index is 12.4. The number of amides is 1. The lowest BCUT2D eigenvalue weighted by Crippen LogP contribution is -2.24. The zero-order valence-electron chi connectivity index (χ0n) is 14.8. The van der Waals surface area contributed by atoms with E-state index in [0.29, 0.717) is 13.2 Å². The van der Waals surface area contributed by atoms with E-state index < -0.39 is 22.5 Å². The van der Waals surface area contributed by atoms with Crippen LogP contribution in [0, 0.1) is 10.1 Å². The Balaban J connectivity index is 2.14. The molecule has 2 aromatic rings. The van der Waals surface area contributed by atoms with Gasteiger partial charge in [-0.05, 0) is 23.6 Å². The number of rotatable bonds is 9. The van der Waals surface area contributed by atoms with E-state index in [1.54, 1.807) is 0 Å². The number of carboxylic acids is 1. The Hall–Kier alpha value is -3.26. The second-order valence-electron chi connectivity index (χ2n) is 5.83. The molecular weight excluding hydrogens is 352 g/mol. The van der Waals surface area contributed by atoms with E-state index in [1.807, 2.05) is 31.2 Å². The Kier molecular flexibility index (Phi) is 7.01. The molecule has 0 fully saturated rings. The first-order valence-electron chi connectivity index (χ1n) is 8.38. The fourth-order valence-electron chi connectivity index (χ4n) is 2.45. The van der Waals surface area contributed by atoms with Crippen LogP contribution in [0.15, 0.2) is 42.5 Å². The van der Waals surface area contributed by atoms with Crippen molar-refractivity contribution in [2.45, 2.75) is 26.5 Å². The fourth-order valence-corrected chi connectivity index (χ4v) is 2.45. The second kappa shape index (κ2) is 9.44. The number of benzene rings is 2. The number of hydrogen-bond acceptors (Lipinski definition) is 5. The van der Waals surface area contributed by atoms with Crippen LogP contribution in [0.2, 0.25) is 0 Å². The lowest BCUT2D eigenvalue weighted by Gasteiger charge is -2.11. The fraction of sp³-hybridized carbons (Fsp3) is 0.263. The minimum absolute atomic E-state index is 0.0821. The van der Waals surface area contributed by atoms with Gasteiger partial charge in [-0.15, -0.1) is 0 Å². The van der Waals surface area contributed by atoms with Crippen molar-refractivity contribution < 1.29 is 24.4 Å². The molecule has 0 heterocycles. The highest BCUT2D eigenvalue weighted by atomic mass is 16.6. The average Bonchev–Trinajstić information content (AvgIpc) is 2.66. The highest BCUT2D eigenvalue weighted by Gasteiger charge is 2.17. The standard InChI is InChI=1S/C19H20N2O6/c1-2-7-27-12-14-6-4-3-5-13(14)11-20-18(22)15-8-16(19(23)24)10-17(9-15)21(25)26/h3-6,8-10H,2,7,11-12H2,1H3,(H,20,22)(H,23,24). The van der Waals surface area contributed by atoms with Crippen LogP contribution >= 0.6 is 0 Å². The van der Waals surface area contributed by atoms with Gasteiger partial charge in [0.1, 0.15) is 0 Å². The van der Waals surface area contributed by atoms with Crippen molar-refractivity contribution in [3.05, 3.63) is 74.8 Å². The summed E-state index contributed by atoms with van der Waals surface area (Å²) in [4.78, 5) is 33.7. The third kappa shape index (κ3) is 5.61. The largest absolute Gasteiger partial charge is 0.478 e. The number of nitrogens with zero attached hydrogens (tertiary/aromatic N) is 1. The van der Waals surface area contributed by atoms with Crippen LogP contribution in [-0.2, 0) is 17.9 Å². The molecule has 27 heavy (non-hydrogen) atoms. The Morgan fingerprint density at radius 2 is 1.81 bits per heavy atom.